The second kappa shape index (κ2) is 9.34. The van der Waals surface area contributed by atoms with Gasteiger partial charge in [0.25, 0.3) is 5.91 Å². The van der Waals surface area contributed by atoms with Gasteiger partial charge in [0.2, 0.25) is 0 Å². The molecule has 0 bridgehead atoms. The Kier molecular flexibility index (Phi) is 7.75. The van der Waals surface area contributed by atoms with Gasteiger partial charge in [-0.1, -0.05) is 37.4 Å². The van der Waals surface area contributed by atoms with Crippen LogP contribution in [0.3, 0.4) is 0 Å². The molecule has 6 heteroatoms. The third-order valence-electron chi connectivity index (χ3n) is 3.25. The Morgan fingerprint density at radius 2 is 2.10 bits per heavy atom. The van der Waals surface area contributed by atoms with Crippen molar-refractivity contribution in [1.82, 2.24) is 10.3 Å². The van der Waals surface area contributed by atoms with Gasteiger partial charge in [-0.05, 0) is 30.9 Å². The number of hydrogen-bond acceptors (Lipinski definition) is 3. The van der Waals surface area contributed by atoms with Crippen LogP contribution in [0.4, 0.5) is 0 Å². The normalized spacial score (nSPS) is 11.9. The Balaban J connectivity index is 2.38. The van der Waals surface area contributed by atoms with Gasteiger partial charge in [0.05, 0.1) is 0 Å². The first kappa shape index (κ1) is 17.4. The summed E-state index contributed by atoms with van der Waals surface area (Å²) in [6, 6.07) is 4.90. The third kappa shape index (κ3) is 7.09. The zero-order valence-corrected chi connectivity index (χ0v) is 12.9. The molecule has 116 valence electrons. The van der Waals surface area contributed by atoms with Crippen LogP contribution in [0.5, 0.6) is 0 Å². The van der Waals surface area contributed by atoms with Crippen LogP contribution in [0.25, 0.3) is 0 Å². The Labute approximate surface area is 129 Å². The molecule has 0 aliphatic rings. The van der Waals surface area contributed by atoms with Crippen molar-refractivity contribution in [2.45, 2.75) is 39.0 Å². The van der Waals surface area contributed by atoms with Gasteiger partial charge in [-0.3, -0.25) is 9.59 Å². The van der Waals surface area contributed by atoms with Gasteiger partial charge in [0.1, 0.15) is 10.8 Å². The maximum atomic E-state index is 11.9. The quantitative estimate of drug-likeness (QED) is 0.687. The van der Waals surface area contributed by atoms with E-state index in [1.54, 1.807) is 18.2 Å². The van der Waals surface area contributed by atoms with Crippen molar-refractivity contribution < 1.29 is 14.7 Å². The molecule has 0 aliphatic heterocycles. The monoisotopic (exact) mass is 312 g/mol. The summed E-state index contributed by atoms with van der Waals surface area (Å²) in [5.41, 5.74) is 0.292. The molecule has 21 heavy (non-hydrogen) atoms. The number of amides is 1. The lowest BCUT2D eigenvalue weighted by Gasteiger charge is -2.15. The Bertz CT molecular complexity index is 480. The maximum absolute atomic E-state index is 11.9. The summed E-state index contributed by atoms with van der Waals surface area (Å²) in [6.07, 6.45) is 3.57. The standard InChI is InChI=1S/C15H21ClN2O3/c1-2-4-11(7-8-14(19)20)9-10-17-15(21)12-5-3-6-13(16)18-12/h3,5-6,11H,2,4,7-10H2,1H3,(H,17,21)(H,19,20). The average molecular weight is 313 g/mol. The highest BCUT2D eigenvalue weighted by molar-refractivity contribution is 6.29. The number of aromatic nitrogens is 1. The van der Waals surface area contributed by atoms with E-state index in [1.165, 1.54) is 0 Å². The number of carboxylic acid groups (broad SMARTS) is 1. The van der Waals surface area contributed by atoms with Crippen molar-refractivity contribution in [3.8, 4) is 0 Å². The van der Waals surface area contributed by atoms with Crippen LogP contribution < -0.4 is 5.32 Å². The third-order valence-corrected chi connectivity index (χ3v) is 3.46. The van der Waals surface area contributed by atoms with Crippen LogP contribution in [0, 0.1) is 5.92 Å². The highest BCUT2D eigenvalue weighted by atomic mass is 35.5. The molecule has 0 spiro atoms. The molecule has 1 rings (SSSR count). The van der Waals surface area contributed by atoms with Gasteiger partial charge in [0, 0.05) is 13.0 Å². The summed E-state index contributed by atoms with van der Waals surface area (Å²) in [4.78, 5) is 26.4. The van der Waals surface area contributed by atoms with E-state index < -0.39 is 5.97 Å². The molecule has 1 heterocycles. The minimum absolute atomic E-state index is 0.175. The predicted molar refractivity (Wildman–Crippen MR) is 81.5 cm³/mol. The average Bonchev–Trinajstić information content (AvgIpc) is 2.44. The van der Waals surface area contributed by atoms with E-state index in [0.717, 1.165) is 19.3 Å². The lowest BCUT2D eigenvalue weighted by atomic mass is 9.94. The number of carbonyl (C=O) groups excluding carboxylic acids is 1. The smallest absolute Gasteiger partial charge is 0.303 e. The van der Waals surface area contributed by atoms with E-state index in [0.29, 0.717) is 24.6 Å². The van der Waals surface area contributed by atoms with Gasteiger partial charge >= 0.3 is 5.97 Å². The van der Waals surface area contributed by atoms with Crippen molar-refractivity contribution in [3.63, 3.8) is 0 Å². The summed E-state index contributed by atoms with van der Waals surface area (Å²) < 4.78 is 0. The Hall–Kier alpha value is -1.62. The summed E-state index contributed by atoms with van der Waals surface area (Å²) in [6.45, 7) is 2.58. The molecular weight excluding hydrogens is 292 g/mol. The number of halogens is 1. The fourth-order valence-electron chi connectivity index (χ4n) is 2.18. The van der Waals surface area contributed by atoms with Gasteiger partial charge in [-0.2, -0.15) is 0 Å². The second-order valence-corrected chi connectivity index (χ2v) is 5.36. The molecule has 2 N–H and O–H groups in total. The molecule has 0 radical (unpaired) electrons. The number of hydrogen-bond donors (Lipinski definition) is 2. The predicted octanol–water partition coefficient (Wildman–Crippen LogP) is 3.14. The Morgan fingerprint density at radius 3 is 2.71 bits per heavy atom. The fraction of sp³-hybridized carbons (Fsp3) is 0.533. The van der Waals surface area contributed by atoms with E-state index in [4.69, 9.17) is 16.7 Å². The number of pyridine rings is 1. The molecule has 1 amide bonds. The number of nitrogens with one attached hydrogen (secondary N) is 1. The van der Waals surface area contributed by atoms with Crippen LogP contribution in [0.1, 0.15) is 49.5 Å². The van der Waals surface area contributed by atoms with E-state index >= 15 is 0 Å². The SMILES string of the molecule is CCCC(CCNC(=O)c1cccc(Cl)n1)CCC(=O)O. The van der Waals surface area contributed by atoms with E-state index in [-0.39, 0.29) is 17.5 Å². The summed E-state index contributed by atoms with van der Waals surface area (Å²) in [5, 5.41) is 11.8. The Morgan fingerprint density at radius 1 is 1.33 bits per heavy atom. The summed E-state index contributed by atoms with van der Waals surface area (Å²) in [7, 11) is 0. The minimum Gasteiger partial charge on any atom is -0.481 e. The lowest BCUT2D eigenvalue weighted by molar-refractivity contribution is -0.137. The minimum atomic E-state index is -0.775. The van der Waals surface area contributed by atoms with Crippen molar-refractivity contribution in [3.05, 3.63) is 29.0 Å². The molecule has 0 aliphatic carbocycles. The van der Waals surface area contributed by atoms with E-state index in [2.05, 4.69) is 17.2 Å². The van der Waals surface area contributed by atoms with Crippen molar-refractivity contribution in [2.75, 3.05) is 6.54 Å². The van der Waals surface area contributed by atoms with Crippen molar-refractivity contribution in [1.29, 1.82) is 0 Å². The number of aliphatic carboxylic acids is 1. The van der Waals surface area contributed by atoms with E-state index in [9.17, 15) is 9.59 Å². The summed E-state index contributed by atoms with van der Waals surface area (Å²) in [5.74, 6) is -0.715. The molecule has 1 aromatic heterocycles. The molecule has 1 unspecified atom stereocenters. The highest BCUT2D eigenvalue weighted by Gasteiger charge is 2.12. The van der Waals surface area contributed by atoms with Gasteiger partial charge in [-0.25, -0.2) is 4.98 Å². The first-order valence-electron chi connectivity index (χ1n) is 7.15. The van der Waals surface area contributed by atoms with Gasteiger partial charge in [0.15, 0.2) is 0 Å². The summed E-state index contributed by atoms with van der Waals surface area (Å²) >= 11 is 5.74. The molecule has 0 aromatic carbocycles. The van der Waals surface area contributed by atoms with Crippen LogP contribution in [0.15, 0.2) is 18.2 Å². The van der Waals surface area contributed by atoms with E-state index in [1.807, 2.05) is 0 Å². The van der Waals surface area contributed by atoms with Crippen LogP contribution >= 0.6 is 11.6 Å². The fourth-order valence-corrected chi connectivity index (χ4v) is 2.35. The van der Waals surface area contributed by atoms with Crippen LogP contribution in [0.2, 0.25) is 5.15 Å². The second-order valence-electron chi connectivity index (χ2n) is 4.98. The van der Waals surface area contributed by atoms with Gasteiger partial charge in [-0.15, -0.1) is 0 Å². The lowest BCUT2D eigenvalue weighted by Crippen LogP contribution is -2.27. The van der Waals surface area contributed by atoms with Gasteiger partial charge < -0.3 is 10.4 Å². The number of nitrogens with zero attached hydrogens (tertiary/aromatic N) is 1. The molecule has 0 fully saturated rings. The first-order chi connectivity index (χ1) is 10.0. The molecule has 5 nitrogen and oxygen atoms in total. The molecule has 0 saturated heterocycles. The maximum Gasteiger partial charge on any atom is 0.303 e. The zero-order valence-electron chi connectivity index (χ0n) is 12.1. The molecule has 1 atom stereocenters. The zero-order chi connectivity index (χ0) is 15.7. The number of carbonyl (C=O) groups is 2. The number of carboxylic acids is 1. The van der Waals surface area contributed by atoms with Crippen LogP contribution in [-0.2, 0) is 4.79 Å². The molecule has 0 saturated carbocycles. The molecule has 1 aromatic rings. The largest absolute Gasteiger partial charge is 0.481 e. The molecular formula is C15H21ClN2O3. The van der Waals surface area contributed by atoms with Crippen molar-refractivity contribution >= 4 is 23.5 Å². The topological polar surface area (TPSA) is 79.3 Å². The highest BCUT2D eigenvalue weighted by Crippen LogP contribution is 2.17. The van der Waals surface area contributed by atoms with Crippen LogP contribution in [-0.4, -0.2) is 28.5 Å². The van der Waals surface area contributed by atoms with Crippen molar-refractivity contribution in [2.24, 2.45) is 5.92 Å². The first-order valence-corrected chi connectivity index (χ1v) is 7.53. The number of rotatable bonds is 9.